The van der Waals surface area contributed by atoms with Crippen LogP contribution in [0.2, 0.25) is 0 Å². The molecule has 0 spiro atoms. The summed E-state index contributed by atoms with van der Waals surface area (Å²) in [4.78, 5) is 8.56. The summed E-state index contributed by atoms with van der Waals surface area (Å²) < 4.78 is 0. The molecule has 0 N–H and O–H groups in total. The topological polar surface area (TPSA) is 25.8 Å². The number of hydrogen-bond donors (Lipinski definition) is 0. The molecule has 2 rings (SSSR count). The molecule has 0 aromatic carbocycles. The molecule has 2 aromatic heterocycles. The largest absolute Gasteiger partial charge is 0.261 e. The summed E-state index contributed by atoms with van der Waals surface area (Å²) >= 11 is 0. The number of aryl methyl sites for hydroxylation is 1. The van der Waals surface area contributed by atoms with E-state index in [1.54, 1.807) is 0 Å². The molecule has 2 heterocycles. The van der Waals surface area contributed by atoms with E-state index < -0.39 is 0 Å². The molecule has 0 radical (unpaired) electrons. The van der Waals surface area contributed by atoms with Crippen LogP contribution in [0.25, 0.3) is 0 Å². The molecule has 0 bridgehead atoms. The second-order valence-corrected chi connectivity index (χ2v) is 3.32. The Morgan fingerprint density at radius 2 is 1.86 bits per heavy atom. The summed E-state index contributed by atoms with van der Waals surface area (Å²) in [6, 6.07) is 10.0. The van der Waals surface area contributed by atoms with Crippen molar-refractivity contribution in [3.05, 3.63) is 59.7 Å². The van der Waals surface area contributed by atoms with Gasteiger partial charge in [-0.05, 0) is 36.8 Å². The Bertz CT molecular complexity index is 410. The lowest BCUT2D eigenvalue weighted by Gasteiger charge is -2.00. The molecule has 14 heavy (non-hydrogen) atoms. The predicted molar refractivity (Wildman–Crippen MR) is 56.0 cm³/mol. The fourth-order valence-corrected chi connectivity index (χ4v) is 1.38. The zero-order valence-electron chi connectivity index (χ0n) is 8.14. The Morgan fingerprint density at radius 1 is 1.00 bits per heavy atom. The van der Waals surface area contributed by atoms with E-state index in [4.69, 9.17) is 0 Å². The summed E-state index contributed by atoms with van der Waals surface area (Å²) in [5, 5.41) is 0. The van der Waals surface area contributed by atoms with E-state index in [9.17, 15) is 0 Å². The average Bonchev–Trinajstić information content (AvgIpc) is 2.19. The van der Waals surface area contributed by atoms with E-state index in [0.717, 1.165) is 17.8 Å². The van der Waals surface area contributed by atoms with Gasteiger partial charge in [0.1, 0.15) is 0 Å². The predicted octanol–water partition coefficient (Wildman–Crippen LogP) is 2.38. The van der Waals surface area contributed by atoms with Gasteiger partial charge < -0.3 is 0 Å². The summed E-state index contributed by atoms with van der Waals surface area (Å²) in [6.07, 6.45) is 4.46. The molecule has 2 nitrogen and oxygen atoms in total. The minimum Gasteiger partial charge on any atom is -0.261 e. The summed E-state index contributed by atoms with van der Waals surface area (Å²) in [6.45, 7) is 2.07. The van der Waals surface area contributed by atoms with Crippen LogP contribution in [0.15, 0.2) is 42.7 Å². The van der Waals surface area contributed by atoms with E-state index in [0.29, 0.717) is 0 Å². The van der Waals surface area contributed by atoms with Gasteiger partial charge in [0, 0.05) is 30.2 Å². The highest BCUT2D eigenvalue weighted by Crippen LogP contribution is 2.05. The van der Waals surface area contributed by atoms with Crippen molar-refractivity contribution < 1.29 is 0 Å². The number of pyridine rings is 2. The van der Waals surface area contributed by atoms with Gasteiger partial charge in [-0.2, -0.15) is 0 Å². The molecule has 0 amide bonds. The number of aromatic nitrogens is 2. The van der Waals surface area contributed by atoms with Crippen molar-refractivity contribution in [1.82, 2.24) is 9.97 Å². The number of nitrogens with zero attached hydrogens (tertiary/aromatic N) is 2. The monoisotopic (exact) mass is 184 g/mol. The van der Waals surface area contributed by atoms with Crippen LogP contribution in [0.5, 0.6) is 0 Å². The van der Waals surface area contributed by atoms with Crippen molar-refractivity contribution >= 4 is 0 Å². The fraction of sp³-hybridized carbons (Fsp3) is 0.167. The van der Waals surface area contributed by atoms with E-state index in [1.165, 1.54) is 5.56 Å². The first-order valence-corrected chi connectivity index (χ1v) is 4.66. The van der Waals surface area contributed by atoms with Crippen LogP contribution in [0.3, 0.4) is 0 Å². The molecule has 0 aliphatic carbocycles. The lowest BCUT2D eigenvalue weighted by molar-refractivity contribution is 1.01. The second-order valence-electron chi connectivity index (χ2n) is 3.32. The molecule has 0 fully saturated rings. The SMILES string of the molecule is Cc1ccnc(Cc2ccccn2)c1. The van der Waals surface area contributed by atoms with Crippen molar-refractivity contribution in [2.24, 2.45) is 0 Å². The van der Waals surface area contributed by atoms with Gasteiger partial charge in [-0.25, -0.2) is 0 Å². The van der Waals surface area contributed by atoms with Crippen LogP contribution >= 0.6 is 0 Å². The van der Waals surface area contributed by atoms with E-state index in [2.05, 4.69) is 23.0 Å². The standard InChI is InChI=1S/C12H12N2/c1-10-5-7-14-12(8-10)9-11-4-2-3-6-13-11/h2-8H,9H2,1H3. The van der Waals surface area contributed by atoms with Gasteiger partial charge in [0.2, 0.25) is 0 Å². The Morgan fingerprint density at radius 3 is 2.57 bits per heavy atom. The zero-order chi connectivity index (χ0) is 9.80. The molecule has 0 aliphatic heterocycles. The zero-order valence-corrected chi connectivity index (χ0v) is 8.14. The molecule has 0 unspecified atom stereocenters. The molecular weight excluding hydrogens is 172 g/mol. The van der Waals surface area contributed by atoms with Crippen molar-refractivity contribution in [3.8, 4) is 0 Å². The third kappa shape index (κ3) is 2.16. The van der Waals surface area contributed by atoms with Crippen molar-refractivity contribution in [2.45, 2.75) is 13.3 Å². The van der Waals surface area contributed by atoms with Gasteiger partial charge in [0.05, 0.1) is 0 Å². The van der Waals surface area contributed by atoms with Gasteiger partial charge >= 0.3 is 0 Å². The first-order chi connectivity index (χ1) is 6.84. The van der Waals surface area contributed by atoms with Gasteiger partial charge in [-0.15, -0.1) is 0 Å². The lowest BCUT2D eigenvalue weighted by Crippen LogP contribution is -1.94. The number of rotatable bonds is 2. The maximum atomic E-state index is 4.29. The summed E-state index contributed by atoms with van der Waals surface area (Å²) in [5.41, 5.74) is 3.38. The first kappa shape index (κ1) is 8.88. The molecule has 2 aromatic rings. The van der Waals surface area contributed by atoms with Crippen molar-refractivity contribution in [2.75, 3.05) is 0 Å². The van der Waals surface area contributed by atoms with Crippen LogP contribution in [-0.4, -0.2) is 9.97 Å². The van der Waals surface area contributed by atoms with Crippen molar-refractivity contribution in [3.63, 3.8) is 0 Å². The average molecular weight is 184 g/mol. The maximum Gasteiger partial charge on any atom is 0.0465 e. The minimum absolute atomic E-state index is 0.808. The van der Waals surface area contributed by atoms with E-state index in [1.807, 2.05) is 36.7 Å². The fourth-order valence-electron chi connectivity index (χ4n) is 1.38. The normalized spacial score (nSPS) is 10.1. The highest BCUT2D eigenvalue weighted by molar-refractivity contribution is 5.19. The van der Waals surface area contributed by atoms with E-state index in [-0.39, 0.29) is 0 Å². The quantitative estimate of drug-likeness (QED) is 0.716. The van der Waals surface area contributed by atoms with Crippen LogP contribution in [-0.2, 0) is 6.42 Å². The molecule has 2 heteroatoms. The third-order valence-electron chi connectivity index (χ3n) is 2.06. The molecular formula is C12H12N2. The maximum absolute atomic E-state index is 4.29. The Hall–Kier alpha value is -1.70. The van der Waals surface area contributed by atoms with Crippen LogP contribution in [0.1, 0.15) is 17.0 Å². The Balaban J connectivity index is 2.19. The summed E-state index contributed by atoms with van der Waals surface area (Å²) in [7, 11) is 0. The smallest absolute Gasteiger partial charge is 0.0465 e. The van der Waals surface area contributed by atoms with E-state index >= 15 is 0 Å². The minimum atomic E-state index is 0.808. The lowest BCUT2D eigenvalue weighted by atomic mass is 10.1. The van der Waals surface area contributed by atoms with Gasteiger partial charge in [-0.1, -0.05) is 6.07 Å². The third-order valence-corrected chi connectivity index (χ3v) is 2.06. The Kier molecular flexibility index (Phi) is 2.54. The Labute approximate surface area is 83.7 Å². The number of hydrogen-bond acceptors (Lipinski definition) is 2. The second kappa shape index (κ2) is 4.01. The highest BCUT2D eigenvalue weighted by Gasteiger charge is 1.97. The summed E-state index contributed by atoms with van der Waals surface area (Å²) in [5.74, 6) is 0. The van der Waals surface area contributed by atoms with Gasteiger partial charge in [0.15, 0.2) is 0 Å². The molecule has 0 saturated heterocycles. The molecule has 0 aliphatic rings. The molecule has 0 saturated carbocycles. The molecule has 70 valence electrons. The first-order valence-electron chi connectivity index (χ1n) is 4.66. The van der Waals surface area contributed by atoms with Gasteiger partial charge in [0.25, 0.3) is 0 Å². The highest BCUT2D eigenvalue weighted by atomic mass is 14.7. The van der Waals surface area contributed by atoms with Crippen LogP contribution in [0, 0.1) is 6.92 Å². The van der Waals surface area contributed by atoms with Gasteiger partial charge in [-0.3, -0.25) is 9.97 Å². The van der Waals surface area contributed by atoms with Crippen molar-refractivity contribution in [1.29, 1.82) is 0 Å². The van der Waals surface area contributed by atoms with Crippen LogP contribution in [0.4, 0.5) is 0 Å². The molecule has 0 atom stereocenters. The van der Waals surface area contributed by atoms with Crippen LogP contribution < -0.4 is 0 Å².